The molecule has 13 heteroatoms. The maximum Gasteiger partial charge on any atom is 0.422 e. The van der Waals surface area contributed by atoms with Gasteiger partial charge in [-0.05, 0) is 13.0 Å². The smallest absolute Gasteiger partial charge is 0.422 e. The number of carboxylic acid groups (broad SMARTS) is 1. The number of anilines is 1. The Morgan fingerprint density at radius 2 is 1.63 bits per heavy atom. The van der Waals surface area contributed by atoms with Crippen molar-refractivity contribution in [2.75, 3.05) is 5.32 Å². The summed E-state index contributed by atoms with van der Waals surface area (Å²) < 4.78 is 92.9. The van der Waals surface area contributed by atoms with Crippen LogP contribution in [0.1, 0.15) is 29.0 Å². The molecule has 1 aromatic heterocycles. The third-order valence-corrected chi connectivity index (χ3v) is 3.43. The van der Waals surface area contributed by atoms with Crippen molar-refractivity contribution in [1.29, 1.82) is 0 Å². The molecule has 0 aliphatic rings. The predicted molar refractivity (Wildman–Crippen MR) is 73.8 cm³/mol. The van der Waals surface area contributed by atoms with Crippen LogP contribution in [0.5, 0.6) is 0 Å². The van der Waals surface area contributed by atoms with Crippen molar-refractivity contribution in [3.05, 3.63) is 46.8 Å². The van der Waals surface area contributed by atoms with Gasteiger partial charge in [0.15, 0.2) is 23.3 Å². The molecule has 2 aromatic rings. The molecule has 6 nitrogen and oxygen atoms in total. The minimum absolute atomic E-state index is 0.497. The van der Waals surface area contributed by atoms with E-state index in [-0.39, 0.29) is 0 Å². The Morgan fingerprint density at radius 1 is 1.11 bits per heavy atom. The van der Waals surface area contributed by atoms with Gasteiger partial charge in [-0.15, -0.1) is 0 Å². The highest BCUT2D eigenvalue weighted by molar-refractivity contribution is 5.95. The molecule has 146 valence electrons. The molecule has 1 heterocycles. The lowest BCUT2D eigenvalue weighted by atomic mass is 10.1. The Bertz CT molecular complexity index is 894. The first-order valence-electron chi connectivity index (χ1n) is 6.88. The van der Waals surface area contributed by atoms with Crippen molar-refractivity contribution >= 4 is 17.6 Å². The molecule has 1 atom stereocenters. The number of aromatic nitrogens is 2. The third kappa shape index (κ3) is 3.57. The predicted octanol–water partition coefficient (Wildman–Crippen LogP) is 3.36. The number of nitrogens with one attached hydrogen (secondary N) is 1. The van der Waals surface area contributed by atoms with E-state index in [0.29, 0.717) is 4.68 Å². The van der Waals surface area contributed by atoms with Gasteiger partial charge >= 0.3 is 12.1 Å². The molecule has 0 spiro atoms. The summed E-state index contributed by atoms with van der Waals surface area (Å²) in [6.07, 6.45) is -4.73. The fourth-order valence-electron chi connectivity index (χ4n) is 2.12. The largest absolute Gasteiger partial charge is 0.477 e. The molecule has 1 unspecified atom stereocenters. The first kappa shape index (κ1) is 20.2. The fraction of sp³-hybridized carbons (Fsp3) is 0.214. The van der Waals surface area contributed by atoms with Crippen molar-refractivity contribution in [1.82, 2.24) is 9.78 Å². The molecule has 0 aliphatic heterocycles. The maximum absolute atomic E-state index is 13.8. The number of hydrogen-bond acceptors (Lipinski definition) is 3. The minimum Gasteiger partial charge on any atom is -0.477 e. The second-order valence-corrected chi connectivity index (χ2v) is 5.14. The zero-order valence-electron chi connectivity index (χ0n) is 13.0. The number of carbonyl (C=O) groups is 2. The first-order chi connectivity index (χ1) is 12.4. The average molecular weight is 399 g/mol. The van der Waals surface area contributed by atoms with Crippen LogP contribution in [-0.2, 0) is 11.0 Å². The Labute approximate surface area is 145 Å². The topological polar surface area (TPSA) is 84.2 Å². The van der Waals surface area contributed by atoms with Crippen LogP contribution < -0.4 is 5.32 Å². The molecule has 2 N–H and O–H groups in total. The lowest BCUT2D eigenvalue weighted by Gasteiger charge is -2.17. The normalized spacial score (nSPS) is 12.7. The summed E-state index contributed by atoms with van der Waals surface area (Å²) in [5, 5.41) is 13.8. The molecular formula is C14H8F7N3O3. The van der Waals surface area contributed by atoms with E-state index in [4.69, 9.17) is 5.11 Å². The van der Waals surface area contributed by atoms with Crippen LogP contribution in [0.4, 0.5) is 36.4 Å². The van der Waals surface area contributed by atoms with Gasteiger partial charge in [0.25, 0.3) is 0 Å². The highest BCUT2D eigenvalue weighted by Gasteiger charge is 2.42. The summed E-state index contributed by atoms with van der Waals surface area (Å²) in [6.45, 7) is 1.03. The van der Waals surface area contributed by atoms with E-state index >= 15 is 0 Å². The standard InChI is InChI=1S/C14H8F7N3O3/c1-4(24-5(13(26)27)2-3-22-24)12(25)23-11-9(17)7(15)6(14(19,20)21)8(16)10(11)18/h2-4H,1H3,(H,23,25)(H,26,27). The molecule has 0 saturated heterocycles. The van der Waals surface area contributed by atoms with E-state index in [1.165, 1.54) is 5.32 Å². The second-order valence-electron chi connectivity index (χ2n) is 5.14. The zero-order valence-corrected chi connectivity index (χ0v) is 13.0. The first-order valence-corrected chi connectivity index (χ1v) is 6.88. The van der Waals surface area contributed by atoms with Crippen molar-refractivity contribution in [2.24, 2.45) is 0 Å². The van der Waals surface area contributed by atoms with E-state index in [2.05, 4.69) is 5.10 Å². The van der Waals surface area contributed by atoms with Crippen LogP contribution in [0, 0.1) is 23.3 Å². The number of hydrogen-bond donors (Lipinski definition) is 2. The summed E-state index contributed by atoms with van der Waals surface area (Å²) in [6, 6.07) is -0.552. The van der Waals surface area contributed by atoms with Gasteiger partial charge in [0.2, 0.25) is 5.91 Å². The van der Waals surface area contributed by atoms with Crippen LogP contribution in [0.15, 0.2) is 12.3 Å². The zero-order chi connectivity index (χ0) is 20.7. The van der Waals surface area contributed by atoms with Crippen LogP contribution in [0.2, 0.25) is 0 Å². The van der Waals surface area contributed by atoms with Crippen LogP contribution in [-0.4, -0.2) is 26.8 Å². The number of carboxylic acids is 1. The molecule has 2 rings (SSSR count). The summed E-state index contributed by atoms with van der Waals surface area (Å²) in [5.41, 5.74) is -5.08. The monoisotopic (exact) mass is 399 g/mol. The highest BCUT2D eigenvalue weighted by atomic mass is 19.4. The molecule has 1 amide bonds. The van der Waals surface area contributed by atoms with Gasteiger partial charge in [-0.1, -0.05) is 0 Å². The number of rotatable bonds is 4. The number of aromatic carboxylic acids is 1. The van der Waals surface area contributed by atoms with Gasteiger partial charge < -0.3 is 10.4 Å². The van der Waals surface area contributed by atoms with Crippen molar-refractivity contribution < 1.29 is 45.4 Å². The Balaban J connectivity index is 2.44. The van der Waals surface area contributed by atoms with Gasteiger partial charge in [-0.2, -0.15) is 18.3 Å². The van der Waals surface area contributed by atoms with Crippen molar-refractivity contribution in [3.8, 4) is 0 Å². The highest BCUT2D eigenvalue weighted by Crippen LogP contribution is 2.38. The molecule has 0 saturated carbocycles. The minimum atomic E-state index is -5.73. The summed E-state index contributed by atoms with van der Waals surface area (Å²) in [4.78, 5) is 23.0. The van der Waals surface area contributed by atoms with Crippen molar-refractivity contribution in [3.63, 3.8) is 0 Å². The van der Waals surface area contributed by atoms with Gasteiger partial charge in [0.1, 0.15) is 23.0 Å². The summed E-state index contributed by atoms with van der Waals surface area (Å²) in [5.74, 6) is -13.3. The molecule has 27 heavy (non-hydrogen) atoms. The quantitative estimate of drug-likeness (QED) is 0.610. The number of halogens is 7. The Morgan fingerprint density at radius 3 is 2.07 bits per heavy atom. The number of alkyl halides is 3. The number of nitrogens with zero attached hydrogens (tertiary/aromatic N) is 2. The van der Waals surface area contributed by atoms with Gasteiger partial charge in [-0.3, -0.25) is 4.79 Å². The molecular weight excluding hydrogens is 391 g/mol. The lowest BCUT2D eigenvalue weighted by molar-refractivity contribution is -0.143. The van der Waals surface area contributed by atoms with Crippen LogP contribution in [0.3, 0.4) is 0 Å². The van der Waals surface area contributed by atoms with E-state index in [9.17, 15) is 40.3 Å². The molecule has 1 aromatic carbocycles. The lowest BCUT2D eigenvalue weighted by Crippen LogP contribution is -2.28. The van der Waals surface area contributed by atoms with Crippen LogP contribution in [0.25, 0.3) is 0 Å². The second kappa shape index (κ2) is 6.89. The molecule has 0 fully saturated rings. The van der Waals surface area contributed by atoms with Crippen LogP contribution >= 0.6 is 0 Å². The van der Waals surface area contributed by atoms with E-state index in [0.717, 1.165) is 19.2 Å². The summed E-state index contributed by atoms with van der Waals surface area (Å²) >= 11 is 0. The Hall–Kier alpha value is -3.12. The number of amides is 1. The summed E-state index contributed by atoms with van der Waals surface area (Å²) in [7, 11) is 0. The van der Waals surface area contributed by atoms with Crippen molar-refractivity contribution in [2.45, 2.75) is 19.1 Å². The maximum atomic E-state index is 13.8. The molecule has 0 radical (unpaired) electrons. The Kier molecular flexibility index (Phi) is 5.15. The van der Waals surface area contributed by atoms with Gasteiger partial charge in [-0.25, -0.2) is 27.0 Å². The molecule has 0 bridgehead atoms. The average Bonchev–Trinajstić information content (AvgIpc) is 3.04. The van der Waals surface area contributed by atoms with E-state index in [1.54, 1.807) is 0 Å². The van der Waals surface area contributed by atoms with E-state index in [1.807, 2.05) is 0 Å². The van der Waals surface area contributed by atoms with E-state index < -0.39 is 64.3 Å². The SMILES string of the molecule is CC(C(=O)Nc1c(F)c(F)c(C(F)(F)F)c(F)c1F)n1nccc1C(=O)O. The van der Waals surface area contributed by atoms with Gasteiger partial charge in [0.05, 0.1) is 0 Å². The molecule has 0 aliphatic carbocycles. The fourth-order valence-corrected chi connectivity index (χ4v) is 2.12. The number of benzene rings is 1. The van der Waals surface area contributed by atoms with Gasteiger partial charge in [0, 0.05) is 6.20 Å². The third-order valence-electron chi connectivity index (χ3n) is 3.43. The number of carbonyl (C=O) groups excluding carboxylic acids is 1.